The standard InChI is InChI=1S/C24H32N4O3/c1-3-15(4-2)23(30)25-18-11-12-22(29)19(13-18)20-14-21(16-7-5-6-8-16)28(27-20)24(31)26-17-9-10-17/h11-17,29H,3-10H2,1-2H3,(H,25,30)(H,26,31). The maximum absolute atomic E-state index is 12.8. The molecule has 0 bridgehead atoms. The van der Waals surface area contributed by atoms with Crippen molar-refractivity contribution < 1.29 is 14.7 Å². The number of carbonyl (C=O) groups is 2. The number of phenols is 1. The summed E-state index contributed by atoms with van der Waals surface area (Å²) in [6, 6.07) is 6.95. The summed E-state index contributed by atoms with van der Waals surface area (Å²) in [5, 5.41) is 21.1. The first-order chi connectivity index (χ1) is 15.0. The van der Waals surface area contributed by atoms with Crippen molar-refractivity contribution in [3.8, 4) is 17.0 Å². The number of aromatic hydroxyl groups is 1. The summed E-state index contributed by atoms with van der Waals surface area (Å²) >= 11 is 0. The van der Waals surface area contributed by atoms with Crippen molar-refractivity contribution in [2.45, 2.75) is 77.2 Å². The molecule has 0 saturated heterocycles. The number of carbonyl (C=O) groups excluding carboxylic acids is 2. The molecule has 1 aromatic carbocycles. The van der Waals surface area contributed by atoms with Crippen molar-refractivity contribution in [3.05, 3.63) is 30.0 Å². The van der Waals surface area contributed by atoms with Crippen LogP contribution in [0.15, 0.2) is 24.3 Å². The van der Waals surface area contributed by atoms with Gasteiger partial charge in [0.2, 0.25) is 5.91 Å². The molecule has 0 unspecified atom stereocenters. The predicted molar refractivity (Wildman–Crippen MR) is 120 cm³/mol. The van der Waals surface area contributed by atoms with Crippen molar-refractivity contribution in [1.82, 2.24) is 15.1 Å². The lowest BCUT2D eigenvalue weighted by atomic mass is 10.0. The lowest BCUT2D eigenvalue weighted by molar-refractivity contribution is -0.120. The van der Waals surface area contributed by atoms with Gasteiger partial charge in [0.15, 0.2) is 0 Å². The molecule has 0 radical (unpaired) electrons. The maximum atomic E-state index is 12.8. The number of hydrogen-bond donors (Lipinski definition) is 3. The molecule has 2 fully saturated rings. The molecule has 2 saturated carbocycles. The number of aromatic nitrogens is 2. The molecule has 0 spiro atoms. The van der Waals surface area contributed by atoms with Gasteiger partial charge in [-0.25, -0.2) is 4.79 Å². The van der Waals surface area contributed by atoms with Gasteiger partial charge in [-0.2, -0.15) is 9.78 Å². The van der Waals surface area contributed by atoms with Crippen LogP contribution in [-0.2, 0) is 4.79 Å². The van der Waals surface area contributed by atoms with Crippen molar-refractivity contribution >= 4 is 17.6 Å². The van der Waals surface area contributed by atoms with E-state index in [9.17, 15) is 14.7 Å². The highest BCUT2D eigenvalue weighted by Gasteiger charge is 2.29. The van der Waals surface area contributed by atoms with E-state index in [2.05, 4.69) is 15.7 Å². The van der Waals surface area contributed by atoms with E-state index in [1.165, 1.54) is 4.68 Å². The number of anilines is 1. The van der Waals surface area contributed by atoms with Gasteiger partial charge in [0.25, 0.3) is 0 Å². The summed E-state index contributed by atoms with van der Waals surface area (Å²) in [6.07, 6.45) is 7.96. The first kappa shape index (κ1) is 21.4. The lowest BCUT2D eigenvalue weighted by Crippen LogP contribution is -2.32. The number of nitrogens with zero attached hydrogens (tertiary/aromatic N) is 2. The summed E-state index contributed by atoms with van der Waals surface area (Å²) in [5.41, 5.74) is 2.57. The third-order valence-corrected chi connectivity index (χ3v) is 6.50. The Balaban J connectivity index is 1.65. The Morgan fingerprint density at radius 2 is 1.84 bits per heavy atom. The van der Waals surface area contributed by atoms with Crippen LogP contribution in [0.1, 0.15) is 76.8 Å². The molecule has 1 heterocycles. The minimum atomic E-state index is -0.201. The van der Waals surface area contributed by atoms with Gasteiger partial charge in [-0.3, -0.25) is 4.79 Å². The van der Waals surface area contributed by atoms with E-state index in [1.54, 1.807) is 18.2 Å². The average Bonchev–Trinajstić information content (AvgIpc) is 3.23. The second-order valence-corrected chi connectivity index (χ2v) is 8.81. The second-order valence-electron chi connectivity index (χ2n) is 8.81. The number of benzene rings is 1. The van der Waals surface area contributed by atoms with E-state index in [4.69, 9.17) is 0 Å². The minimum Gasteiger partial charge on any atom is -0.507 e. The van der Waals surface area contributed by atoms with Crippen LogP contribution in [-0.4, -0.2) is 32.9 Å². The van der Waals surface area contributed by atoms with Gasteiger partial charge in [-0.05, 0) is 62.8 Å². The third kappa shape index (κ3) is 4.75. The highest BCUT2D eigenvalue weighted by atomic mass is 16.3. The molecule has 7 heteroatoms. The monoisotopic (exact) mass is 424 g/mol. The zero-order valence-electron chi connectivity index (χ0n) is 18.4. The quantitative estimate of drug-likeness (QED) is 0.545. The zero-order chi connectivity index (χ0) is 22.0. The molecule has 31 heavy (non-hydrogen) atoms. The minimum absolute atomic E-state index is 0.0253. The molecular formula is C24H32N4O3. The smallest absolute Gasteiger partial charge is 0.342 e. The summed E-state index contributed by atoms with van der Waals surface area (Å²) in [5.74, 6) is 0.302. The molecule has 2 aromatic rings. The van der Waals surface area contributed by atoms with Crippen LogP contribution in [0, 0.1) is 5.92 Å². The average molecular weight is 425 g/mol. The van der Waals surface area contributed by atoms with E-state index in [0.29, 0.717) is 22.9 Å². The van der Waals surface area contributed by atoms with Crippen molar-refractivity contribution in [2.24, 2.45) is 5.92 Å². The molecule has 7 nitrogen and oxygen atoms in total. The Bertz CT molecular complexity index is 954. The number of nitrogens with one attached hydrogen (secondary N) is 2. The second kappa shape index (κ2) is 9.12. The fourth-order valence-corrected chi connectivity index (χ4v) is 4.39. The van der Waals surface area contributed by atoms with Gasteiger partial charge in [0.1, 0.15) is 5.75 Å². The Labute approximate surface area is 183 Å². The van der Waals surface area contributed by atoms with E-state index in [-0.39, 0.29) is 29.6 Å². The first-order valence-electron chi connectivity index (χ1n) is 11.5. The zero-order valence-corrected chi connectivity index (χ0v) is 18.4. The fourth-order valence-electron chi connectivity index (χ4n) is 4.39. The summed E-state index contributed by atoms with van der Waals surface area (Å²) < 4.78 is 1.48. The maximum Gasteiger partial charge on any atom is 0.342 e. The Morgan fingerprint density at radius 1 is 1.13 bits per heavy atom. The largest absolute Gasteiger partial charge is 0.507 e. The van der Waals surface area contributed by atoms with Gasteiger partial charge in [0, 0.05) is 29.1 Å². The Morgan fingerprint density at radius 3 is 2.48 bits per heavy atom. The molecule has 0 aliphatic heterocycles. The fraction of sp³-hybridized carbons (Fsp3) is 0.542. The normalized spacial score (nSPS) is 16.6. The summed E-state index contributed by atoms with van der Waals surface area (Å²) in [6.45, 7) is 4.00. The molecule has 2 amide bonds. The highest BCUT2D eigenvalue weighted by Crippen LogP contribution is 2.38. The van der Waals surface area contributed by atoms with E-state index < -0.39 is 0 Å². The Hall–Kier alpha value is -2.83. The van der Waals surface area contributed by atoms with Crippen LogP contribution >= 0.6 is 0 Å². The SMILES string of the molecule is CCC(CC)C(=O)Nc1ccc(O)c(-c2cc(C3CCCC3)n(C(=O)NC3CC3)n2)c1. The van der Waals surface area contributed by atoms with Gasteiger partial charge >= 0.3 is 6.03 Å². The third-order valence-electron chi connectivity index (χ3n) is 6.50. The number of rotatable bonds is 7. The molecule has 166 valence electrons. The summed E-state index contributed by atoms with van der Waals surface area (Å²) in [7, 11) is 0. The van der Waals surface area contributed by atoms with Gasteiger partial charge in [-0.1, -0.05) is 26.7 Å². The predicted octanol–water partition coefficient (Wildman–Crippen LogP) is 5.01. The van der Waals surface area contributed by atoms with Crippen LogP contribution in [0.2, 0.25) is 0 Å². The Kier molecular flexibility index (Phi) is 6.30. The topological polar surface area (TPSA) is 96.2 Å². The first-order valence-corrected chi connectivity index (χ1v) is 11.5. The van der Waals surface area contributed by atoms with Crippen LogP contribution in [0.5, 0.6) is 5.75 Å². The van der Waals surface area contributed by atoms with Crippen molar-refractivity contribution in [2.75, 3.05) is 5.32 Å². The molecule has 2 aliphatic rings. The van der Waals surface area contributed by atoms with Gasteiger partial charge in [-0.15, -0.1) is 0 Å². The van der Waals surface area contributed by atoms with E-state index >= 15 is 0 Å². The number of amides is 2. The molecule has 0 atom stereocenters. The van der Waals surface area contributed by atoms with Crippen LogP contribution < -0.4 is 10.6 Å². The van der Waals surface area contributed by atoms with Crippen LogP contribution in [0.25, 0.3) is 11.3 Å². The van der Waals surface area contributed by atoms with Crippen LogP contribution in [0.4, 0.5) is 10.5 Å². The molecular weight excluding hydrogens is 392 g/mol. The highest BCUT2D eigenvalue weighted by molar-refractivity contribution is 5.93. The van der Waals surface area contributed by atoms with Crippen molar-refractivity contribution in [3.63, 3.8) is 0 Å². The number of phenolic OH excluding ortho intramolecular Hbond substituents is 1. The molecule has 3 N–H and O–H groups in total. The van der Waals surface area contributed by atoms with E-state index in [1.807, 2.05) is 19.9 Å². The van der Waals surface area contributed by atoms with Gasteiger partial charge < -0.3 is 15.7 Å². The summed E-state index contributed by atoms with van der Waals surface area (Å²) in [4.78, 5) is 25.3. The number of hydrogen-bond acceptors (Lipinski definition) is 4. The van der Waals surface area contributed by atoms with E-state index in [0.717, 1.165) is 57.1 Å². The molecule has 1 aromatic heterocycles. The van der Waals surface area contributed by atoms with Gasteiger partial charge in [0.05, 0.1) is 11.4 Å². The molecule has 4 rings (SSSR count). The lowest BCUT2D eigenvalue weighted by Gasteiger charge is -2.13. The van der Waals surface area contributed by atoms with Crippen LogP contribution in [0.3, 0.4) is 0 Å². The molecule has 2 aliphatic carbocycles. The van der Waals surface area contributed by atoms with Crippen molar-refractivity contribution in [1.29, 1.82) is 0 Å².